The summed E-state index contributed by atoms with van der Waals surface area (Å²) in [4.78, 5) is 0. The first-order chi connectivity index (χ1) is 6.15. The first-order valence-electron chi connectivity index (χ1n) is 4.60. The van der Waals surface area contributed by atoms with Crippen molar-refractivity contribution < 1.29 is 0 Å². The van der Waals surface area contributed by atoms with E-state index in [0.29, 0.717) is 10.9 Å². The van der Waals surface area contributed by atoms with Crippen molar-refractivity contribution in [2.75, 3.05) is 0 Å². The van der Waals surface area contributed by atoms with Crippen LogP contribution in [0.5, 0.6) is 0 Å². The molecule has 0 aliphatic carbocycles. The molecule has 0 fully saturated rings. The predicted molar refractivity (Wildman–Crippen MR) is 59.8 cm³/mol. The van der Waals surface area contributed by atoms with Gasteiger partial charge in [-0.2, -0.15) is 0 Å². The fourth-order valence-corrected chi connectivity index (χ4v) is 2.08. The van der Waals surface area contributed by atoms with Crippen LogP contribution >= 0.6 is 23.2 Å². The second-order valence-corrected chi connectivity index (χ2v) is 4.20. The van der Waals surface area contributed by atoms with Gasteiger partial charge in [0, 0.05) is 10.0 Å². The van der Waals surface area contributed by atoms with Crippen LogP contribution in [0.15, 0.2) is 18.2 Å². The van der Waals surface area contributed by atoms with E-state index in [-0.39, 0.29) is 0 Å². The Bertz CT molecular complexity index is 281. The van der Waals surface area contributed by atoms with Crippen LogP contribution in [0, 0.1) is 0 Å². The molecule has 13 heavy (non-hydrogen) atoms. The zero-order chi connectivity index (χ0) is 9.84. The number of hydrogen-bond donors (Lipinski definition) is 0. The lowest BCUT2D eigenvalue weighted by Crippen LogP contribution is -1.93. The Balaban J connectivity index is 2.88. The van der Waals surface area contributed by atoms with Gasteiger partial charge in [-0.25, -0.2) is 0 Å². The standard InChI is InChI=1S/C11H14Cl2/c1-3-4-8(2)10-6-5-9(12)7-11(10)13/h5-8H,3-4H2,1-2H3. The van der Waals surface area contributed by atoms with E-state index >= 15 is 0 Å². The van der Waals surface area contributed by atoms with Crippen molar-refractivity contribution in [1.29, 1.82) is 0 Å². The summed E-state index contributed by atoms with van der Waals surface area (Å²) in [7, 11) is 0. The van der Waals surface area contributed by atoms with Crippen molar-refractivity contribution in [3.63, 3.8) is 0 Å². The van der Waals surface area contributed by atoms with E-state index in [1.165, 1.54) is 18.4 Å². The van der Waals surface area contributed by atoms with Crippen LogP contribution in [-0.4, -0.2) is 0 Å². The number of benzene rings is 1. The number of hydrogen-bond acceptors (Lipinski definition) is 0. The maximum absolute atomic E-state index is 6.08. The van der Waals surface area contributed by atoms with Crippen LogP contribution in [0.1, 0.15) is 38.2 Å². The molecule has 0 aromatic heterocycles. The summed E-state index contributed by atoms with van der Waals surface area (Å²) in [6, 6.07) is 5.73. The average molecular weight is 217 g/mol. The molecular weight excluding hydrogens is 203 g/mol. The Hall–Kier alpha value is -0.200. The maximum atomic E-state index is 6.08. The van der Waals surface area contributed by atoms with Gasteiger partial charge in [0.15, 0.2) is 0 Å². The van der Waals surface area contributed by atoms with Gasteiger partial charge in [-0.05, 0) is 30.0 Å². The molecule has 0 nitrogen and oxygen atoms in total. The molecule has 72 valence electrons. The molecule has 0 aliphatic heterocycles. The third-order valence-electron chi connectivity index (χ3n) is 2.22. The monoisotopic (exact) mass is 216 g/mol. The van der Waals surface area contributed by atoms with E-state index in [9.17, 15) is 0 Å². The molecule has 0 saturated carbocycles. The molecule has 1 aromatic carbocycles. The van der Waals surface area contributed by atoms with E-state index in [1.807, 2.05) is 18.2 Å². The average Bonchev–Trinajstić information content (AvgIpc) is 2.04. The van der Waals surface area contributed by atoms with Crippen LogP contribution in [0.3, 0.4) is 0 Å². The van der Waals surface area contributed by atoms with Gasteiger partial charge < -0.3 is 0 Å². The van der Waals surface area contributed by atoms with E-state index in [0.717, 1.165) is 5.02 Å². The van der Waals surface area contributed by atoms with Gasteiger partial charge in [-0.3, -0.25) is 0 Å². The number of rotatable bonds is 3. The molecule has 0 heterocycles. The van der Waals surface area contributed by atoms with Gasteiger partial charge >= 0.3 is 0 Å². The molecule has 0 spiro atoms. The second-order valence-electron chi connectivity index (χ2n) is 3.36. The van der Waals surface area contributed by atoms with E-state index in [4.69, 9.17) is 23.2 Å². The van der Waals surface area contributed by atoms with Crippen LogP contribution in [0.4, 0.5) is 0 Å². The zero-order valence-electron chi connectivity index (χ0n) is 7.98. The fourth-order valence-electron chi connectivity index (χ4n) is 1.49. The first kappa shape index (κ1) is 10.9. The molecule has 1 aromatic rings. The largest absolute Gasteiger partial charge is 0.0843 e. The SMILES string of the molecule is CCCC(C)c1ccc(Cl)cc1Cl. The summed E-state index contributed by atoms with van der Waals surface area (Å²) in [5.41, 5.74) is 1.20. The van der Waals surface area contributed by atoms with Crippen molar-refractivity contribution >= 4 is 23.2 Å². The van der Waals surface area contributed by atoms with Crippen molar-refractivity contribution in [2.24, 2.45) is 0 Å². The van der Waals surface area contributed by atoms with Crippen molar-refractivity contribution in [1.82, 2.24) is 0 Å². The van der Waals surface area contributed by atoms with E-state index in [1.54, 1.807) is 0 Å². The van der Waals surface area contributed by atoms with Gasteiger partial charge in [-0.1, -0.05) is 49.5 Å². The summed E-state index contributed by atoms with van der Waals surface area (Å²) in [6.07, 6.45) is 2.35. The van der Waals surface area contributed by atoms with E-state index in [2.05, 4.69) is 13.8 Å². The number of halogens is 2. The van der Waals surface area contributed by atoms with Crippen LogP contribution in [0.2, 0.25) is 10.0 Å². The van der Waals surface area contributed by atoms with Crippen LogP contribution < -0.4 is 0 Å². The Morgan fingerprint density at radius 3 is 2.54 bits per heavy atom. The molecule has 2 heteroatoms. The Morgan fingerprint density at radius 2 is 2.00 bits per heavy atom. The molecule has 0 amide bonds. The Morgan fingerprint density at radius 1 is 1.31 bits per heavy atom. The minimum absolute atomic E-state index is 0.523. The summed E-state index contributed by atoms with van der Waals surface area (Å²) in [5.74, 6) is 0.523. The lowest BCUT2D eigenvalue weighted by atomic mass is 9.97. The highest BCUT2D eigenvalue weighted by atomic mass is 35.5. The molecule has 1 atom stereocenters. The van der Waals surface area contributed by atoms with Crippen molar-refractivity contribution in [3.8, 4) is 0 Å². The van der Waals surface area contributed by atoms with Crippen LogP contribution in [-0.2, 0) is 0 Å². The Labute approximate surface area is 89.9 Å². The molecule has 0 bridgehead atoms. The van der Waals surface area contributed by atoms with Gasteiger partial charge in [0.2, 0.25) is 0 Å². The third kappa shape index (κ3) is 2.89. The minimum Gasteiger partial charge on any atom is -0.0843 e. The highest BCUT2D eigenvalue weighted by molar-refractivity contribution is 6.35. The smallest absolute Gasteiger partial charge is 0.0455 e. The topological polar surface area (TPSA) is 0 Å². The minimum atomic E-state index is 0.523. The summed E-state index contributed by atoms with van der Waals surface area (Å²) in [5, 5.41) is 1.49. The lowest BCUT2D eigenvalue weighted by molar-refractivity contribution is 0.665. The van der Waals surface area contributed by atoms with Crippen LogP contribution in [0.25, 0.3) is 0 Å². The normalized spacial score (nSPS) is 12.9. The van der Waals surface area contributed by atoms with Gasteiger partial charge in [0.05, 0.1) is 0 Å². The van der Waals surface area contributed by atoms with Crippen molar-refractivity contribution in [2.45, 2.75) is 32.6 Å². The molecule has 0 radical (unpaired) electrons. The van der Waals surface area contributed by atoms with Gasteiger partial charge in [-0.15, -0.1) is 0 Å². The summed E-state index contributed by atoms with van der Waals surface area (Å²) >= 11 is 11.9. The molecule has 0 saturated heterocycles. The highest BCUT2D eigenvalue weighted by Gasteiger charge is 2.08. The molecule has 0 N–H and O–H groups in total. The van der Waals surface area contributed by atoms with Gasteiger partial charge in [0.25, 0.3) is 0 Å². The first-order valence-corrected chi connectivity index (χ1v) is 5.35. The molecule has 0 aliphatic rings. The Kier molecular flexibility index (Phi) is 4.08. The molecular formula is C11H14Cl2. The third-order valence-corrected chi connectivity index (χ3v) is 2.78. The summed E-state index contributed by atoms with van der Waals surface area (Å²) < 4.78 is 0. The quantitative estimate of drug-likeness (QED) is 0.675. The van der Waals surface area contributed by atoms with E-state index < -0.39 is 0 Å². The maximum Gasteiger partial charge on any atom is 0.0455 e. The zero-order valence-corrected chi connectivity index (χ0v) is 9.49. The lowest BCUT2D eigenvalue weighted by Gasteiger charge is -2.12. The second kappa shape index (κ2) is 4.88. The molecule has 1 rings (SSSR count). The van der Waals surface area contributed by atoms with Crippen molar-refractivity contribution in [3.05, 3.63) is 33.8 Å². The fraction of sp³-hybridized carbons (Fsp3) is 0.455. The summed E-state index contributed by atoms with van der Waals surface area (Å²) in [6.45, 7) is 4.37. The van der Waals surface area contributed by atoms with Gasteiger partial charge in [0.1, 0.15) is 0 Å². The molecule has 1 unspecified atom stereocenters. The predicted octanol–water partition coefficient (Wildman–Crippen LogP) is 4.90. The highest BCUT2D eigenvalue weighted by Crippen LogP contribution is 2.29.